The van der Waals surface area contributed by atoms with Crippen molar-refractivity contribution < 1.29 is 9.47 Å². The first-order valence-electron chi connectivity index (χ1n) is 6.55. The lowest BCUT2D eigenvalue weighted by Gasteiger charge is -2.26. The molecule has 0 bridgehead atoms. The molecule has 0 aliphatic carbocycles. The van der Waals surface area contributed by atoms with Crippen LogP contribution in [0.15, 0.2) is 18.2 Å². The van der Waals surface area contributed by atoms with E-state index in [1.54, 1.807) is 0 Å². The fourth-order valence-corrected chi connectivity index (χ4v) is 2.54. The summed E-state index contributed by atoms with van der Waals surface area (Å²) in [6.07, 6.45) is 4.74. The summed E-state index contributed by atoms with van der Waals surface area (Å²) in [5.41, 5.74) is 1.29. The number of aryl methyl sites for hydroxylation is 1. The maximum atomic E-state index is 6.09. The van der Waals surface area contributed by atoms with E-state index >= 15 is 0 Å². The van der Waals surface area contributed by atoms with E-state index in [1.165, 1.54) is 5.56 Å². The van der Waals surface area contributed by atoms with E-state index in [2.05, 4.69) is 17.4 Å². The molecule has 0 aromatic heterocycles. The maximum absolute atomic E-state index is 6.09. The summed E-state index contributed by atoms with van der Waals surface area (Å²) in [4.78, 5) is 0. The third-order valence-electron chi connectivity index (χ3n) is 3.48. The van der Waals surface area contributed by atoms with Crippen LogP contribution in [0, 0.1) is 0 Å². The fourth-order valence-electron chi connectivity index (χ4n) is 2.54. The first kappa shape index (κ1) is 13.5. The largest absolute Gasteiger partial charge is 0.489 e. The first-order chi connectivity index (χ1) is 8.43. The number of hydrogen-bond donors (Lipinski definition) is 1. The molecule has 4 heteroatoms. The van der Waals surface area contributed by atoms with Crippen molar-refractivity contribution >= 4 is 12.4 Å². The van der Waals surface area contributed by atoms with E-state index in [9.17, 15) is 0 Å². The van der Waals surface area contributed by atoms with Crippen molar-refractivity contribution in [2.75, 3.05) is 19.7 Å². The van der Waals surface area contributed by atoms with Gasteiger partial charge in [0.05, 0.1) is 6.61 Å². The normalized spacial score (nSPS) is 19.3. The highest BCUT2D eigenvalue weighted by Gasteiger charge is 2.19. The van der Waals surface area contributed by atoms with E-state index in [0.717, 1.165) is 56.9 Å². The van der Waals surface area contributed by atoms with Crippen molar-refractivity contribution in [1.82, 2.24) is 5.32 Å². The minimum atomic E-state index is 0. The highest BCUT2D eigenvalue weighted by molar-refractivity contribution is 5.85. The Morgan fingerprint density at radius 3 is 2.89 bits per heavy atom. The van der Waals surface area contributed by atoms with Gasteiger partial charge in [-0.3, -0.25) is 0 Å². The molecule has 1 saturated heterocycles. The zero-order valence-corrected chi connectivity index (χ0v) is 11.3. The van der Waals surface area contributed by atoms with Crippen LogP contribution in [-0.2, 0) is 6.42 Å². The Labute approximate surface area is 114 Å². The van der Waals surface area contributed by atoms with Gasteiger partial charge in [0.2, 0.25) is 0 Å². The van der Waals surface area contributed by atoms with Crippen molar-refractivity contribution in [1.29, 1.82) is 0 Å². The Morgan fingerprint density at radius 1 is 1.22 bits per heavy atom. The van der Waals surface area contributed by atoms with E-state index in [-0.39, 0.29) is 12.4 Å². The third-order valence-corrected chi connectivity index (χ3v) is 3.48. The summed E-state index contributed by atoms with van der Waals surface area (Å²) in [6, 6.07) is 6.25. The van der Waals surface area contributed by atoms with Gasteiger partial charge in [-0.05, 0) is 50.4 Å². The highest BCUT2D eigenvalue weighted by atomic mass is 35.5. The Hall–Kier alpha value is -0.930. The van der Waals surface area contributed by atoms with Gasteiger partial charge in [0.1, 0.15) is 6.10 Å². The SMILES string of the molecule is Cl.c1cc2c(c(OC3CCNCC3)c1)OCCC2. The van der Waals surface area contributed by atoms with E-state index < -0.39 is 0 Å². The predicted molar refractivity (Wildman–Crippen MR) is 74.0 cm³/mol. The molecule has 0 amide bonds. The van der Waals surface area contributed by atoms with Crippen molar-refractivity contribution in [2.45, 2.75) is 31.8 Å². The van der Waals surface area contributed by atoms with Gasteiger partial charge < -0.3 is 14.8 Å². The maximum Gasteiger partial charge on any atom is 0.164 e. The van der Waals surface area contributed by atoms with Crippen LogP contribution in [0.5, 0.6) is 11.5 Å². The van der Waals surface area contributed by atoms with E-state index in [0.29, 0.717) is 6.10 Å². The molecule has 0 unspecified atom stereocenters. The summed E-state index contributed by atoms with van der Waals surface area (Å²) in [6.45, 7) is 2.93. The smallest absolute Gasteiger partial charge is 0.164 e. The number of ether oxygens (including phenoxy) is 2. The number of fused-ring (bicyclic) bond motifs is 1. The third kappa shape index (κ3) is 2.90. The second-order valence-corrected chi connectivity index (χ2v) is 4.76. The van der Waals surface area contributed by atoms with E-state index in [1.807, 2.05) is 6.07 Å². The lowest BCUT2D eigenvalue weighted by Crippen LogP contribution is -2.34. The standard InChI is InChI=1S/C14H19NO2.ClH/c1-3-11-4-2-10-16-14(11)13(5-1)17-12-6-8-15-9-7-12;/h1,3,5,12,15H,2,4,6-10H2;1H. The van der Waals surface area contributed by atoms with Crippen LogP contribution in [0.25, 0.3) is 0 Å². The minimum absolute atomic E-state index is 0. The molecule has 2 aliphatic rings. The number of nitrogens with one attached hydrogen (secondary N) is 1. The minimum Gasteiger partial charge on any atom is -0.489 e. The van der Waals surface area contributed by atoms with Crippen LogP contribution in [0.4, 0.5) is 0 Å². The Kier molecular flexibility index (Phi) is 4.72. The van der Waals surface area contributed by atoms with Crippen LogP contribution in [-0.4, -0.2) is 25.8 Å². The number of rotatable bonds is 2. The van der Waals surface area contributed by atoms with Gasteiger partial charge in [0.25, 0.3) is 0 Å². The van der Waals surface area contributed by atoms with Crippen LogP contribution < -0.4 is 14.8 Å². The van der Waals surface area contributed by atoms with Crippen molar-refractivity contribution in [3.05, 3.63) is 23.8 Å². The van der Waals surface area contributed by atoms with Gasteiger partial charge in [-0.25, -0.2) is 0 Å². The molecule has 0 atom stereocenters. The average molecular weight is 270 g/mol. The molecule has 1 aromatic rings. The number of hydrogen-bond acceptors (Lipinski definition) is 3. The summed E-state index contributed by atoms with van der Waals surface area (Å²) in [7, 11) is 0. The summed E-state index contributed by atoms with van der Waals surface area (Å²) >= 11 is 0. The Balaban J connectivity index is 0.00000120. The molecular weight excluding hydrogens is 250 g/mol. The number of piperidine rings is 1. The van der Waals surface area contributed by atoms with Crippen LogP contribution in [0.3, 0.4) is 0 Å². The monoisotopic (exact) mass is 269 g/mol. The van der Waals surface area contributed by atoms with Gasteiger partial charge in [0.15, 0.2) is 11.5 Å². The molecule has 18 heavy (non-hydrogen) atoms. The zero-order chi connectivity index (χ0) is 11.5. The summed E-state index contributed by atoms with van der Waals surface area (Å²) in [5, 5.41) is 3.35. The summed E-state index contributed by atoms with van der Waals surface area (Å²) in [5.74, 6) is 1.92. The number of benzene rings is 1. The quantitative estimate of drug-likeness (QED) is 0.895. The average Bonchev–Trinajstić information content (AvgIpc) is 2.40. The molecule has 1 fully saturated rings. The molecule has 1 aromatic carbocycles. The molecule has 100 valence electrons. The van der Waals surface area contributed by atoms with Gasteiger partial charge >= 0.3 is 0 Å². The molecule has 0 saturated carbocycles. The molecule has 0 spiro atoms. The lowest BCUT2D eigenvalue weighted by atomic mass is 10.1. The molecular formula is C14H20ClNO2. The lowest BCUT2D eigenvalue weighted by molar-refractivity contribution is 0.151. The molecule has 0 radical (unpaired) electrons. The second-order valence-electron chi connectivity index (χ2n) is 4.76. The van der Waals surface area contributed by atoms with Crippen LogP contribution in [0.2, 0.25) is 0 Å². The van der Waals surface area contributed by atoms with Crippen molar-refractivity contribution in [3.8, 4) is 11.5 Å². The Morgan fingerprint density at radius 2 is 2.06 bits per heavy atom. The van der Waals surface area contributed by atoms with Gasteiger partial charge in [-0.15, -0.1) is 12.4 Å². The first-order valence-corrected chi connectivity index (χ1v) is 6.55. The van der Waals surface area contributed by atoms with Crippen LogP contribution in [0.1, 0.15) is 24.8 Å². The zero-order valence-electron chi connectivity index (χ0n) is 10.5. The number of halogens is 1. The topological polar surface area (TPSA) is 30.5 Å². The second kappa shape index (κ2) is 6.30. The van der Waals surface area contributed by atoms with Crippen molar-refractivity contribution in [2.24, 2.45) is 0 Å². The van der Waals surface area contributed by atoms with E-state index in [4.69, 9.17) is 9.47 Å². The molecule has 2 aliphatic heterocycles. The number of para-hydroxylation sites is 1. The van der Waals surface area contributed by atoms with Gasteiger partial charge in [-0.2, -0.15) is 0 Å². The fraction of sp³-hybridized carbons (Fsp3) is 0.571. The Bertz CT molecular complexity index is 391. The van der Waals surface area contributed by atoms with Crippen LogP contribution >= 0.6 is 12.4 Å². The van der Waals surface area contributed by atoms with Gasteiger partial charge in [0, 0.05) is 0 Å². The molecule has 3 nitrogen and oxygen atoms in total. The van der Waals surface area contributed by atoms with Crippen molar-refractivity contribution in [3.63, 3.8) is 0 Å². The molecule has 1 N–H and O–H groups in total. The molecule has 3 rings (SSSR count). The highest BCUT2D eigenvalue weighted by Crippen LogP contribution is 2.35. The molecule has 2 heterocycles. The predicted octanol–water partition coefficient (Wildman–Crippen LogP) is 2.56. The van der Waals surface area contributed by atoms with Gasteiger partial charge in [-0.1, -0.05) is 12.1 Å². The summed E-state index contributed by atoms with van der Waals surface area (Å²) < 4.78 is 11.8.